The second kappa shape index (κ2) is 3.80. The molecule has 0 radical (unpaired) electrons. The van der Waals surface area contributed by atoms with E-state index in [2.05, 4.69) is 0 Å². The third-order valence-corrected chi connectivity index (χ3v) is 2.17. The van der Waals surface area contributed by atoms with Gasteiger partial charge in [-0.05, 0) is 25.0 Å². The maximum absolute atomic E-state index is 11.3. The number of carbonyl (C=O) groups excluding carboxylic acids is 1. The molecule has 1 aromatic rings. The molecule has 0 aromatic heterocycles. The molecule has 1 aromatic carbocycles. The first-order chi connectivity index (χ1) is 6.79. The van der Waals surface area contributed by atoms with E-state index in [0.717, 1.165) is 18.6 Å². The highest BCUT2D eigenvalue weighted by atomic mass is 16.5. The highest BCUT2D eigenvalue weighted by Crippen LogP contribution is 2.27. The Balaban J connectivity index is 2.12. The van der Waals surface area contributed by atoms with E-state index in [9.17, 15) is 4.79 Å². The van der Waals surface area contributed by atoms with Crippen LogP contribution in [0.1, 0.15) is 23.2 Å². The predicted molar refractivity (Wildman–Crippen MR) is 53.5 cm³/mol. The Morgan fingerprint density at radius 3 is 2.93 bits per heavy atom. The van der Waals surface area contributed by atoms with Gasteiger partial charge in [-0.3, -0.25) is 4.79 Å². The zero-order chi connectivity index (χ0) is 9.97. The van der Waals surface area contributed by atoms with Gasteiger partial charge in [0.25, 0.3) is 0 Å². The molecule has 74 valence electrons. The Bertz CT molecular complexity index is 345. The number of hydrogen-bond donors (Lipinski definition) is 1. The van der Waals surface area contributed by atoms with Gasteiger partial charge in [-0.1, -0.05) is 12.1 Å². The van der Waals surface area contributed by atoms with Crippen molar-refractivity contribution in [3.8, 4) is 5.75 Å². The van der Waals surface area contributed by atoms with Crippen molar-refractivity contribution in [3.63, 3.8) is 0 Å². The van der Waals surface area contributed by atoms with Gasteiger partial charge in [0.05, 0.1) is 12.6 Å². The molecule has 1 saturated carbocycles. The Hall–Kier alpha value is -1.35. The van der Waals surface area contributed by atoms with Crippen LogP contribution in [0.4, 0.5) is 0 Å². The van der Waals surface area contributed by atoms with Crippen LogP contribution < -0.4 is 10.5 Å². The number of carbonyl (C=O) groups is 1. The van der Waals surface area contributed by atoms with Crippen LogP contribution >= 0.6 is 0 Å². The van der Waals surface area contributed by atoms with Crippen molar-refractivity contribution >= 4 is 5.78 Å². The first kappa shape index (κ1) is 9.21. The maximum atomic E-state index is 11.3. The molecule has 1 aliphatic carbocycles. The van der Waals surface area contributed by atoms with Crippen LogP contribution in [-0.2, 0) is 0 Å². The molecule has 0 spiro atoms. The third-order valence-electron chi connectivity index (χ3n) is 2.17. The van der Waals surface area contributed by atoms with Gasteiger partial charge >= 0.3 is 0 Å². The van der Waals surface area contributed by atoms with E-state index in [4.69, 9.17) is 10.5 Å². The van der Waals surface area contributed by atoms with Crippen LogP contribution in [0.3, 0.4) is 0 Å². The van der Waals surface area contributed by atoms with E-state index in [1.807, 2.05) is 12.1 Å². The van der Waals surface area contributed by atoms with Gasteiger partial charge in [0.15, 0.2) is 5.78 Å². The average molecular weight is 191 g/mol. The van der Waals surface area contributed by atoms with Crippen molar-refractivity contribution < 1.29 is 9.53 Å². The number of rotatable bonds is 4. The lowest BCUT2D eigenvalue weighted by molar-refractivity contribution is 0.100. The minimum atomic E-state index is -0.0498. The van der Waals surface area contributed by atoms with Crippen molar-refractivity contribution in [2.24, 2.45) is 5.73 Å². The molecule has 3 heteroatoms. The Morgan fingerprint density at radius 2 is 2.29 bits per heavy atom. The summed E-state index contributed by atoms with van der Waals surface area (Å²) in [6, 6.07) is 7.20. The summed E-state index contributed by atoms with van der Waals surface area (Å²) < 4.78 is 5.57. The lowest BCUT2D eigenvalue weighted by atomic mass is 10.1. The summed E-state index contributed by atoms with van der Waals surface area (Å²) in [6.45, 7) is 0.0485. The molecule has 0 unspecified atom stereocenters. The van der Waals surface area contributed by atoms with Crippen LogP contribution in [0.25, 0.3) is 0 Å². The fraction of sp³-hybridized carbons (Fsp3) is 0.364. The van der Waals surface area contributed by atoms with Gasteiger partial charge in [0.2, 0.25) is 0 Å². The Morgan fingerprint density at radius 1 is 1.50 bits per heavy atom. The second-order valence-corrected chi connectivity index (χ2v) is 3.47. The molecule has 0 aliphatic heterocycles. The number of nitrogens with two attached hydrogens (primary N) is 1. The summed E-state index contributed by atoms with van der Waals surface area (Å²) in [4.78, 5) is 11.3. The highest BCUT2D eigenvalue weighted by molar-refractivity contribution is 5.97. The average Bonchev–Trinajstić information content (AvgIpc) is 3.01. The molecule has 3 nitrogen and oxygen atoms in total. The number of Topliss-reactive ketones (excluding diaryl/α,β-unsaturated/α-hetero) is 1. The molecule has 1 aliphatic rings. The number of ketones is 1. The number of ether oxygens (including phenoxy) is 1. The van der Waals surface area contributed by atoms with E-state index in [-0.39, 0.29) is 12.3 Å². The van der Waals surface area contributed by atoms with E-state index in [1.165, 1.54) is 0 Å². The summed E-state index contributed by atoms with van der Waals surface area (Å²) in [5.74, 6) is 0.720. The normalized spacial score (nSPS) is 15.2. The van der Waals surface area contributed by atoms with Crippen LogP contribution in [0.5, 0.6) is 5.75 Å². The zero-order valence-corrected chi connectivity index (χ0v) is 7.90. The van der Waals surface area contributed by atoms with Crippen LogP contribution in [0.2, 0.25) is 0 Å². The van der Waals surface area contributed by atoms with Gasteiger partial charge in [-0.2, -0.15) is 0 Å². The van der Waals surface area contributed by atoms with Gasteiger partial charge in [0.1, 0.15) is 5.75 Å². The van der Waals surface area contributed by atoms with Crippen molar-refractivity contribution in [3.05, 3.63) is 29.8 Å². The van der Waals surface area contributed by atoms with E-state index in [0.29, 0.717) is 11.7 Å². The van der Waals surface area contributed by atoms with Crippen molar-refractivity contribution in [1.29, 1.82) is 0 Å². The Kier molecular flexibility index (Phi) is 2.50. The first-order valence-corrected chi connectivity index (χ1v) is 4.79. The molecule has 1 fully saturated rings. The molecule has 0 bridgehead atoms. The SMILES string of the molecule is NCC(=O)c1cccc(OC2CC2)c1. The molecular weight excluding hydrogens is 178 g/mol. The van der Waals surface area contributed by atoms with Crippen LogP contribution in [0, 0.1) is 0 Å². The predicted octanol–water partition coefficient (Wildman–Crippen LogP) is 1.37. The summed E-state index contributed by atoms with van der Waals surface area (Å²) in [6.07, 6.45) is 2.60. The largest absolute Gasteiger partial charge is 0.490 e. The van der Waals surface area contributed by atoms with Gasteiger partial charge in [-0.25, -0.2) is 0 Å². The number of hydrogen-bond acceptors (Lipinski definition) is 3. The first-order valence-electron chi connectivity index (χ1n) is 4.79. The van der Waals surface area contributed by atoms with Crippen molar-refractivity contribution in [1.82, 2.24) is 0 Å². The fourth-order valence-corrected chi connectivity index (χ4v) is 1.24. The monoisotopic (exact) mass is 191 g/mol. The van der Waals surface area contributed by atoms with E-state index >= 15 is 0 Å². The molecule has 0 heterocycles. The van der Waals surface area contributed by atoms with E-state index in [1.54, 1.807) is 12.1 Å². The zero-order valence-electron chi connectivity index (χ0n) is 7.90. The van der Waals surface area contributed by atoms with Gasteiger partial charge in [-0.15, -0.1) is 0 Å². The second-order valence-electron chi connectivity index (χ2n) is 3.47. The van der Waals surface area contributed by atoms with Gasteiger partial charge < -0.3 is 10.5 Å². The molecule has 0 amide bonds. The molecule has 14 heavy (non-hydrogen) atoms. The molecule has 2 rings (SSSR count). The van der Waals surface area contributed by atoms with Crippen molar-refractivity contribution in [2.75, 3.05) is 6.54 Å². The van der Waals surface area contributed by atoms with E-state index < -0.39 is 0 Å². The van der Waals surface area contributed by atoms with Crippen molar-refractivity contribution in [2.45, 2.75) is 18.9 Å². The van der Waals surface area contributed by atoms with Crippen LogP contribution in [-0.4, -0.2) is 18.4 Å². The van der Waals surface area contributed by atoms with Gasteiger partial charge in [0, 0.05) is 5.56 Å². The lowest BCUT2D eigenvalue weighted by Crippen LogP contribution is -2.13. The fourth-order valence-electron chi connectivity index (χ4n) is 1.24. The molecule has 0 saturated heterocycles. The smallest absolute Gasteiger partial charge is 0.176 e. The molecular formula is C11H13NO2. The van der Waals surface area contributed by atoms with Crippen LogP contribution in [0.15, 0.2) is 24.3 Å². The third kappa shape index (κ3) is 2.12. The summed E-state index contributed by atoms with van der Waals surface area (Å²) in [5.41, 5.74) is 5.91. The topological polar surface area (TPSA) is 52.3 Å². The summed E-state index contributed by atoms with van der Waals surface area (Å²) >= 11 is 0. The minimum absolute atomic E-state index is 0.0485. The summed E-state index contributed by atoms with van der Waals surface area (Å²) in [7, 11) is 0. The molecule has 2 N–H and O–H groups in total. The molecule has 0 atom stereocenters. The lowest BCUT2D eigenvalue weighted by Gasteiger charge is -2.05. The Labute approximate surface area is 82.9 Å². The summed E-state index contributed by atoms with van der Waals surface area (Å²) in [5, 5.41) is 0. The highest BCUT2D eigenvalue weighted by Gasteiger charge is 2.23. The maximum Gasteiger partial charge on any atom is 0.176 e. The number of benzene rings is 1. The quantitative estimate of drug-likeness (QED) is 0.731. The minimum Gasteiger partial charge on any atom is -0.490 e. The standard InChI is InChI=1S/C11H13NO2/c12-7-11(13)8-2-1-3-10(6-8)14-9-4-5-9/h1-3,6,9H,4-5,7,12H2.